The van der Waals surface area contributed by atoms with E-state index in [1.807, 2.05) is 31.2 Å². The number of aryl methyl sites for hydroxylation is 1. The first-order valence-electron chi connectivity index (χ1n) is 9.81. The minimum atomic E-state index is 0.272. The second-order valence-corrected chi connectivity index (χ2v) is 7.91. The first-order chi connectivity index (χ1) is 14.7. The molecule has 0 amide bonds. The van der Waals surface area contributed by atoms with E-state index in [1.165, 1.54) is 0 Å². The fraction of sp³-hybridized carbons (Fsp3) is 0.381. The zero-order valence-corrected chi connectivity index (χ0v) is 18.1. The summed E-state index contributed by atoms with van der Waals surface area (Å²) >= 11 is 1.59. The maximum atomic E-state index is 5.67. The Balaban J connectivity index is 1.49. The molecule has 0 spiro atoms. The van der Waals surface area contributed by atoms with Gasteiger partial charge < -0.3 is 24.8 Å². The van der Waals surface area contributed by atoms with E-state index in [9.17, 15) is 0 Å². The molecule has 1 fully saturated rings. The molecule has 2 N–H and O–H groups in total. The third-order valence-electron chi connectivity index (χ3n) is 4.83. The van der Waals surface area contributed by atoms with Crippen molar-refractivity contribution in [3.63, 3.8) is 0 Å². The molecule has 3 heterocycles. The molecule has 8 nitrogen and oxygen atoms in total. The Morgan fingerprint density at radius 3 is 2.80 bits per heavy atom. The van der Waals surface area contributed by atoms with Crippen molar-refractivity contribution in [3.8, 4) is 22.1 Å². The number of hydrogen-bond donors (Lipinski definition) is 2. The summed E-state index contributed by atoms with van der Waals surface area (Å²) in [5.41, 5.74) is 2.57. The molecule has 3 aromatic rings. The molecule has 1 atom stereocenters. The number of thiazole rings is 1. The summed E-state index contributed by atoms with van der Waals surface area (Å²) in [7, 11) is 3.22. The van der Waals surface area contributed by atoms with E-state index < -0.39 is 0 Å². The molecule has 1 aliphatic rings. The Labute approximate surface area is 179 Å². The molecule has 0 aliphatic carbocycles. The molecule has 2 aromatic heterocycles. The number of ether oxygens (including phenoxy) is 3. The molecule has 1 aromatic carbocycles. The van der Waals surface area contributed by atoms with E-state index in [1.54, 1.807) is 31.8 Å². The van der Waals surface area contributed by atoms with Gasteiger partial charge in [-0.2, -0.15) is 0 Å². The van der Waals surface area contributed by atoms with E-state index in [4.69, 9.17) is 14.2 Å². The van der Waals surface area contributed by atoms with Crippen molar-refractivity contribution in [1.29, 1.82) is 0 Å². The summed E-state index contributed by atoms with van der Waals surface area (Å²) in [6.07, 6.45) is 4.24. The zero-order chi connectivity index (χ0) is 20.9. The van der Waals surface area contributed by atoms with Crippen molar-refractivity contribution in [3.05, 3.63) is 36.2 Å². The zero-order valence-electron chi connectivity index (χ0n) is 17.3. The number of benzene rings is 1. The first-order valence-corrected chi connectivity index (χ1v) is 10.6. The summed E-state index contributed by atoms with van der Waals surface area (Å²) in [5.74, 6) is 1.81. The SMILES string of the molecule is COc1ccc(Nc2nccc(-c3sc(NCC4CCCO4)nc3C)n2)cc1OC. The van der Waals surface area contributed by atoms with Crippen LogP contribution in [0.2, 0.25) is 0 Å². The van der Waals surface area contributed by atoms with E-state index in [0.717, 1.165) is 53.1 Å². The van der Waals surface area contributed by atoms with Crippen molar-refractivity contribution in [1.82, 2.24) is 15.0 Å². The molecule has 1 saturated heterocycles. The molecule has 30 heavy (non-hydrogen) atoms. The monoisotopic (exact) mass is 427 g/mol. The average molecular weight is 428 g/mol. The van der Waals surface area contributed by atoms with Gasteiger partial charge in [-0.15, -0.1) is 0 Å². The van der Waals surface area contributed by atoms with E-state index >= 15 is 0 Å². The van der Waals surface area contributed by atoms with Crippen LogP contribution in [0.15, 0.2) is 30.5 Å². The van der Waals surface area contributed by atoms with Crippen LogP contribution in [0.5, 0.6) is 11.5 Å². The third kappa shape index (κ3) is 4.63. The highest BCUT2D eigenvalue weighted by Crippen LogP contribution is 2.33. The molecule has 9 heteroatoms. The fourth-order valence-corrected chi connectivity index (χ4v) is 4.25. The van der Waals surface area contributed by atoms with Crippen LogP contribution in [-0.4, -0.2) is 48.4 Å². The minimum absolute atomic E-state index is 0.272. The van der Waals surface area contributed by atoms with Gasteiger partial charge >= 0.3 is 0 Å². The van der Waals surface area contributed by atoms with Crippen molar-refractivity contribution in [2.24, 2.45) is 0 Å². The van der Waals surface area contributed by atoms with E-state index in [0.29, 0.717) is 17.4 Å². The van der Waals surface area contributed by atoms with Crippen LogP contribution in [0.1, 0.15) is 18.5 Å². The lowest BCUT2D eigenvalue weighted by Crippen LogP contribution is -2.18. The highest BCUT2D eigenvalue weighted by atomic mass is 32.1. The fourth-order valence-electron chi connectivity index (χ4n) is 3.30. The Bertz CT molecular complexity index is 1000. The predicted octanol–water partition coefficient (Wildman–Crippen LogP) is 4.26. The number of aromatic nitrogens is 3. The summed E-state index contributed by atoms with van der Waals surface area (Å²) in [5, 5.41) is 7.50. The Morgan fingerprint density at radius 2 is 2.03 bits per heavy atom. The van der Waals surface area contributed by atoms with Gasteiger partial charge in [0.15, 0.2) is 16.6 Å². The number of hydrogen-bond acceptors (Lipinski definition) is 9. The van der Waals surface area contributed by atoms with Crippen molar-refractivity contribution in [2.75, 3.05) is 38.0 Å². The van der Waals surface area contributed by atoms with Gasteiger partial charge in [0.25, 0.3) is 0 Å². The number of anilines is 3. The lowest BCUT2D eigenvalue weighted by molar-refractivity contribution is 0.120. The smallest absolute Gasteiger partial charge is 0.227 e. The van der Waals surface area contributed by atoms with Crippen LogP contribution in [0.25, 0.3) is 10.6 Å². The molecular formula is C21H25N5O3S. The number of nitrogens with zero attached hydrogens (tertiary/aromatic N) is 3. The highest BCUT2D eigenvalue weighted by Gasteiger charge is 2.17. The van der Waals surface area contributed by atoms with Crippen LogP contribution in [0.4, 0.5) is 16.8 Å². The van der Waals surface area contributed by atoms with Crippen LogP contribution >= 0.6 is 11.3 Å². The number of rotatable bonds is 8. The normalized spacial score (nSPS) is 15.8. The van der Waals surface area contributed by atoms with Gasteiger partial charge in [-0.1, -0.05) is 11.3 Å². The van der Waals surface area contributed by atoms with Crippen LogP contribution in [0.3, 0.4) is 0 Å². The Kier molecular flexibility index (Phi) is 6.29. The molecule has 1 aliphatic heterocycles. The van der Waals surface area contributed by atoms with Crippen LogP contribution < -0.4 is 20.1 Å². The summed E-state index contributed by atoms with van der Waals surface area (Å²) < 4.78 is 16.3. The van der Waals surface area contributed by atoms with E-state index in [2.05, 4.69) is 25.6 Å². The topological polar surface area (TPSA) is 90.4 Å². The number of nitrogens with one attached hydrogen (secondary N) is 2. The maximum Gasteiger partial charge on any atom is 0.227 e. The number of methoxy groups -OCH3 is 2. The molecule has 158 valence electrons. The maximum absolute atomic E-state index is 5.67. The highest BCUT2D eigenvalue weighted by molar-refractivity contribution is 7.19. The molecular weight excluding hydrogens is 402 g/mol. The predicted molar refractivity (Wildman–Crippen MR) is 118 cm³/mol. The lowest BCUT2D eigenvalue weighted by atomic mass is 10.2. The standard InChI is InChI=1S/C21H25N5O3S/c1-13-19(30-21(24-13)23-12-15-5-4-10-29-15)16-8-9-22-20(26-16)25-14-6-7-17(27-2)18(11-14)28-3/h6-9,11,15H,4-5,10,12H2,1-3H3,(H,23,24)(H,22,25,26). The second kappa shape index (κ2) is 9.27. The Morgan fingerprint density at radius 1 is 1.17 bits per heavy atom. The molecule has 1 unspecified atom stereocenters. The summed E-state index contributed by atoms with van der Waals surface area (Å²) in [4.78, 5) is 14.7. The lowest BCUT2D eigenvalue weighted by Gasteiger charge is -2.10. The van der Waals surface area contributed by atoms with Gasteiger partial charge in [0, 0.05) is 31.1 Å². The van der Waals surface area contributed by atoms with Gasteiger partial charge in [0.1, 0.15) is 0 Å². The largest absolute Gasteiger partial charge is 0.493 e. The van der Waals surface area contributed by atoms with E-state index in [-0.39, 0.29) is 6.10 Å². The first kappa shape index (κ1) is 20.4. The summed E-state index contributed by atoms with van der Waals surface area (Å²) in [6, 6.07) is 7.47. The van der Waals surface area contributed by atoms with Gasteiger partial charge in [-0.25, -0.2) is 15.0 Å². The molecule has 0 radical (unpaired) electrons. The minimum Gasteiger partial charge on any atom is -0.493 e. The van der Waals surface area contributed by atoms with Gasteiger partial charge in [-0.05, 0) is 38.0 Å². The van der Waals surface area contributed by atoms with Gasteiger partial charge in [0.2, 0.25) is 5.95 Å². The molecule has 0 saturated carbocycles. The summed E-state index contributed by atoms with van der Waals surface area (Å²) in [6.45, 7) is 3.63. The average Bonchev–Trinajstić information content (AvgIpc) is 3.42. The second-order valence-electron chi connectivity index (χ2n) is 6.91. The van der Waals surface area contributed by atoms with Gasteiger partial charge in [0.05, 0.1) is 36.6 Å². The van der Waals surface area contributed by atoms with Crippen molar-refractivity contribution >= 4 is 28.1 Å². The van der Waals surface area contributed by atoms with Crippen LogP contribution in [0, 0.1) is 6.92 Å². The Hall–Kier alpha value is -2.91. The van der Waals surface area contributed by atoms with Crippen molar-refractivity contribution < 1.29 is 14.2 Å². The third-order valence-corrected chi connectivity index (χ3v) is 5.97. The van der Waals surface area contributed by atoms with Crippen molar-refractivity contribution in [2.45, 2.75) is 25.9 Å². The quantitative estimate of drug-likeness (QED) is 0.551. The van der Waals surface area contributed by atoms with Crippen LogP contribution in [-0.2, 0) is 4.74 Å². The van der Waals surface area contributed by atoms with Gasteiger partial charge in [-0.3, -0.25) is 0 Å². The molecule has 0 bridgehead atoms. The molecule has 4 rings (SSSR count).